The highest BCUT2D eigenvalue weighted by molar-refractivity contribution is 5.54. The van der Waals surface area contributed by atoms with Gasteiger partial charge in [-0.25, -0.2) is 0 Å². The summed E-state index contributed by atoms with van der Waals surface area (Å²) in [6.07, 6.45) is 5.13. The van der Waals surface area contributed by atoms with Crippen LogP contribution in [0.2, 0.25) is 0 Å². The van der Waals surface area contributed by atoms with E-state index >= 15 is 0 Å². The van der Waals surface area contributed by atoms with E-state index < -0.39 is 0 Å². The maximum absolute atomic E-state index is 9.56. The molecular weight excluding hydrogens is 334 g/mol. The van der Waals surface area contributed by atoms with Crippen molar-refractivity contribution >= 4 is 5.69 Å². The number of hydrogen-bond donors (Lipinski definition) is 1. The lowest BCUT2D eigenvalue weighted by atomic mass is 10.1. The number of anilines is 1. The summed E-state index contributed by atoms with van der Waals surface area (Å²) in [5, 5.41) is 13.0. The van der Waals surface area contributed by atoms with Crippen LogP contribution in [0.15, 0.2) is 18.2 Å². The molecule has 2 aliphatic heterocycles. The second kappa shape index (κ2) is 10.7. The van der Waals surface area contributed by atoms with Gasteiger partial charge in [0.25, 0.3) is 0 Å². The molecule has 0 unspecified atom stereocenters. The Morgan fingerprint density at radius 3 is 2.59 bits per heavy atom. The van der Waals surface area contributed by atoms with Gasteiger partial charge in [-0.1, -0.05) is 19.8 Å². The minimum atomic E-state index is 0.831. The second-order valence-corrected chi connectivity index (χ2v) is 7.87. The van der Waals surface area contributed by atoms with Crippen molar-refractivity contribution in [2.75, 3.05) is 63.8 Å². The SMILES string of the molecule is CCCCCN1CCN(Cc2cc(N3CCCNCC3)ccc2C#N)CC1. The van der Waals surface area contributed by atoms with E-state index in [-0.39, 0.29) is 0 Å². The molecule has 0 atom stereocenters. The summed E-state index contributed by atoms with van der Waals surface area (Å²) in [4.78, 5) is 7.56. The molecule has 148 valence electrons. The molecule has 5 nitrogen and oxygen atoms in total. The van der Waals surface area contributed by atoms with E-state index in [0.717, 1.165) is 64.5 Å². The molecular formula is C22H35N5. The van der Waals surface area contributed by atoms with Crippen molar-refractivity contribution in [2.24, 2.45) is 0 Å². The number of nitrogens with one attached hydrogen (secondary N) is 1. The molecule has 2 saturated heterocycles. The lowest BCUT2D eigenvalue weighted by Gasteiger charge is -2.35. The van der Waals surface area contributed by atoms with Gasteiger partial charge in [-0.2, -0.15) is 5.26 Å². The van der Waals surface area contributed by atoms with Gasteiger partial charge in [0, 0.05) is 58.0 Å². The molecule has 27 heavy (non-hydrogen) atoms. The zero-order valence-electron chi connectivity index (χ0n) is 16.9. The maximum Gasteiger partial charge on any atom is 0.0995 e. The van der Waals surface area contributed by atoms with E-state index in [1.165, 1.54) is 43.5 Å². The van der Waals surface area contributed by atoms with Crippen molar-refractivity contribution in [2.45, 2.75) is 39.2 Å². The highest BCUT2D eigenvalue weighted by atomic mass is 15.3. The average Bonchev–Trinajstić information content (AvgIpc) is 2.99. The topological polar surface area (TPSA) is 45.5 Å². The normalized spacial score (nSPS) is 19.6. The predicted octanol–water partition coefficient (Wildman–Crippen LogP) is 2.67. The average molecular weight is 370 g/mol. The smallest absolute Gasteiger partial charge is 0.0995 e. The van der Waals surface area contributed by atoms with Crippen LogP contribution in [0, 0.1) is 11.3 Å². The van der Waals surface area contributed by atoms with Gasteiger partial charge in [-0.15, -0.1) is 0 Å². The standard InChI is InChI=1S/C22H35N5/c1-2-3-4-10-25-13-15-26(16-14-25)19-21-17-22(7-6-20(21)18-23)27-11-5-8-24-9-12-27/h6-7,17,24H,2-5,8-16,19H2,1H3. The molecule has 0 spiro atoms. The number of rotatable bonds is 7. The third kappa shape index (κ3) is 5.93. The van der Waals surface area contributed by atoms with Gasteiger partial charge in [-0.3, -0.25) is 4.90 Å². The van der Waals surface area contributed by atoms with Crippen LogP contribution in [0.4, 0.5) is 5.69 Å². The number of piperazine rings is 1. The predicted molar refractivity (Wildman–Crippen MR) is 112 cm³/mol. The first kappa shape index (κ1) is 20.1. The van der Waals surface area contributed by atoms with Crippen molar-refractivity contribution in [3.63, 3.8) is 0 Å². The summed E-state index contributed by atoms with van der Waals surface area (Å²) in [5.41, 5.74) is 3.29. The second-order valence-electron chi connectivity index (χ2n) is 7.87. The van der Waals surface area contributed by atoms with Crippen LogP contribution in [0.3, 0.4) is 0 Å². The first-order valence-electron chi connectivity index (χ1n) is 10.7. The maximum atomic E-state index is 9.56. The Balaban J connectivity index is 1.59. The summed E-state index contributed by atoms with van der Waals surface area (Å²) in [6, 6.07) is 8.81. The fourth-order valence-corrected chi connectivity index (χ4v) is 4.12. The minimum absolute atomic E-state index is 0.831. The van der Waals surface area contributed by atoms with Crippen molar-refractivity contribution in [3.05, 3.63) is 29.3 Å². The van der Waals surface area contributed by atoms with Gasteiger partial charge in [0.15, 0.2) is 0 Å². The Morgan fingerprint density at radius 2 is 1.81 bits per heavy atom. The zero-order chi connectivity index (χ0) is 18.9. The van der Waals surface area contributed by atoms with E-state index in [9.17, 15) is 5.26 Å². The summed E-state index contributed by atoms with van der Waals surface area (Å²) in [6.45, 7) is 13.2. The van der Waals surface area contributed by atoms with Crippen LogP contribution in [-0.4, -0.2) is 68.7 Å². The molecule has 1 N–H and O–H groups in total. The zero-order valence-corrected chi connectivity index (χ0v) is 16.9. The van der Waals surface area contributed by atoms with Crippen LogP contribution in [0.1, 0.15) is 43.7 Å². The minimum Gasteiger partial charge on any atom is -0.370 e. The van der Waals surface area contributed by atoms with Crippen LogP contribution in [-0.2, 0) is 6.54 Å². The molecule has 0 saturated carbocycles. The molecule has 1 aromatic carbocycles. The quantitative estimate of drug-likeness (QED) is 0.749. The summed E-state index contributed by atoms with van der Waals surface area (Å²) < 4.78 is 0. The summed E-state index contributed by atoms with van der Waals surface area (Å²) in [7, 11) is 0. The van der Waals surface area contributed by atoms with E-state index in [1.54, 1.807) is 0 Å². The molecule has 0 amide bonds. The first-order chi connectivity index (χ1) is 13.3. The number of nitrogens with zero attached hydrogens (tertiary/aromatic N) is 4. The fourth-order valence-electron chi connectivity index (χ4n) is 4.12. The lowest BCUT2D eigenvalue weighted by molar-refractivity contribution is 0.125. The highest BCUT2D eigenvalue weighted by Crippen LogP contribution is 2.22. The van der Waals surface area contributed by atoms with Gasteiger partial charge < -0.3 is 15.1 Å². The molecule has 1 aromatic rings. The largest absolute Gasteiger partial charge is 0.370 e. The van der Waals surface area contributed by atoms with Gasteiger partial charge in [-0.05, 0) is 49.7 Å². The Bertz CT molecular complexity index is 608. The summed E-state index contributed by atoms with van der Waals surface area (Å²) in [5.74, 6) is 0. The molecule has 0 bridgehead atoms. The van der Waals surface area contributed by atoms with Crippen LogP contribution in [0.5, 0.6) is 0 Å². The molecule has 5 heteroatoms. The van der Waals surface area contributed by atoms with E-state index in [4.69, 9.17) is 0 Å². The number of hydrogen-bond acceptors (Lipinski definition) is 5. The van der Waals surface area contributed by atoms with Crippen LogP contribution in [0.25, 0.3) is 0 Å². The number of unbranched alkanes of at least 4 members (excludes halogenated alkanes) is 2. The van der Waals surface area contributed by atoms with E-state index in [1.807, 2.05) is 6.07 Å². The van der Waals surface area contributed by atoms with Gasteiger partial charge in [0.05, 0.1) is 11.6 Å². The van der Waals surface area contributed by atoms with E-state index in [2.05, 4.69) is 45.1 Å². The van der Waals surface area contributed by atoms with Crippen molar-refractivity contribution < 1.29 is 0 Å². The molecule has 0 radical (unpaired) electrons. The van der Waals surface area contributed by atoms with Crippen LogP contribution >= 0.6 is 0 Å². The number of nitriles is 1. The molecule has 3 rings (SSSR count). The number of benzene rings is 1. The molecule has 2 fully saturated rings. The first-order valence-corrected chi connectivity index (χ1v) is 10.7. The van der Waals surface area contributed by atoms with Gasteiger partial charge >= 0.3 is 0 Å². The monoisotopic (exact) mass is 369 g/mol. The highest BCUT2D eigenvalue weighted by Gasteiger charge is 2.18. The fraction of sp³-hybridized carbons (Fsp3) is 0.682. The molecule has 0 aliphatic carbocycles. The van der Waals surface area contributed by atoms with Crippen molar-refractivity contribution in [3.8, 4) is 6.07 Å². The molecule has 0 aromatic heterocycles. The lowest BCUT2D eigenvalue weighted by Crippen LogP contribution is -2.46. The summed E-state index contributed by atoms with van der Waals surface area (Å²) >= 11 is 0. The third-order valence-corrected chi connectivity index (χ3v) is 5.85. The molecule has 2 heterocycles. The molecule has 2 aliphatic rings. The Morgan fingerprint density at radius 1 is 1.00 bits per heavy atom. The van der Waals surface area contributed by atoms with Crippen molar-refractivity contribution in [1.82, 2.24) is 15.1 Å². The van der Waals surface area contributed by atoms with Gasteiger partial charge in [0.2, 0.25) is 0 Å². The van der Waals surface area contributed by atoms with Crippen molar-refractivity contribution in [1.29, 1.82) is 5.26 Å². The van der Waals surface area contributed by atoms with Crippen LogP contribution < -0.4 is 10.2 Å². The third-order valence-electron chi connectivity index (χ3n) is 5.85. The van der Waals surface area contributed by atoms with Gasteiger partial charge in [0.1, 0.15) is 0 Å². The Labute approximate surface area is 164 Å². The Hall–Kier alpha value is -1.61. The van der Waals surface area contributed by atoms with E-state index in [0.29, 0.717) is 0 Å². The Kier molecular flexibility index (Phi) is 7.94.